The lowest BCUT2D eigenvalue weighted by Gasteiger charge is -2.22. The zero-order valence-electron chi connectivity index (χ0n) is 12.9. The highest BCUT2D eigenvalue weighted by molar-refractivity contribution is 6.32. The van der Waals surface area contributed by atoms with Crippen LogP contribution in [0.5, 0.6) is 0 Å². The second kappa shape index (κ2) is 6.41. The minimum absolute atomic E-state index is 0.791. The van der Waals surface area contributed by atoms with Gasteiger partial charge in [-0.05, 0) is 48.6 Å². The Bertz CT molecular complexity index is 739. The van der Waals surface area contributed by atoms with Crippen LogP contribution < -0.4 is 0 Å². The molecular formula is C20H19ClO. The van der Waals surface area contributed by atoms with Gasteiger partial charge in [-0.15, -0.1) is 0 Å². The maximum Gasteiger partial charge on any atom is 0.123 e. The average Bonchev–Trinajstić information content (AvgIpc) is 2.55. The van der Waals surface area contributed by atoms with E-state index in [-0.39, 0.29) is 0 Å². The molecule has 0 aliphatic heterocycles. The Morgan fingerprint density at radius 1 is 1.00 bits per heavy atom. The number of ether oxygens (including phenoxy) is 1. The van der Waals surface area contributed by atoms with Crippen molar-refractivity contribution in [2.75, 3.05) is 7.11 Å². The normalized spacial score (nSPS) is 14.8. The van der Waals surface area contributed by atoms with Crippen LogP contribution in [0.3, 0.4) is 0 Å². The number of allylic oxidation sites excluding steroid dienone is 3. The van der Waals surface area contributed by atoms with Crippen molar-refractivity contribution in [3.8, 4) is 0 Å². The van der Waals surface area contributed by atoms with Gasteiger partial charge >= 0.3 is 0 Å². The van der Waals surface area contributed by atoms with E-state index in [0.717, 1.165) is 34.8 Å². The lowest BCUT2D eigenvalue weighted by atomic mass is 9.86. The molecule has 0 saturated carbocycles. The Morgan fingerprint density at radius 3 is 2.41 bits per heavy atom. The van der Waals surface area contributed by atoms with E-state index in [1.165, 1.54) is 16.7 Å². The molecule has 3 rings (SSSR count). The van der Waals surface area contributed by atoms with Gasteiger partial charge in [0.15, 0.2) is 0 Å². The fourth-order valence-corrected chi connectivity index (χ4v) is 3.17. The summed E-state index contributed by atoms with van der Waals surface area (Å²) < 4.78 is 5.64. The summed E-state index contributed by atoms with van der Waals surface area (Å²) in [6.07, 6.45) is 4.11. The van der Waals surface area contributed by atoms with Crippen LogP contribution >= 0.6 is 11.6 Å². The third-order valence-corrected chi connectivity index (χ3v) is 4.36. The van der Waals surface area contributed by atoms with Gasteiger partial charge in [-0.2, -0.15) is 0 Å². The summed E-state index contributed by atoms with van der Waals surface area (Å²) in [6, 6.07) is 16.6. The first-order valence-corrected chi connectivity index (χ1v) is 7.88. The molecule has 0 atom stereocenters. The number of hydrogen-bond acceptors (Lipinski definition) is 1. The minimum Gasteiger partial charge on any atom is -0.496 e. The second-order valence-electron chi connectivity index (χ2n) is 5.51. The van der Waals surface area contributed by atoms with Gasteiger partial charge in [0.25, 0.3) is 0 Å². The molecule has 0 radical (unpaired) electrons. The fourth-order valence-electron chi connectivity index (χ4n) is 2.92. The Hall–Kier alpha value is -1.99. The Balaban J connectivity index is 2.22. The van der Waals surface area contributed by atoms with E-state index in [2.05, 4.69) is 43.3 Å². The molecule has 0 amide bonds. The fraction of sp³-hybridized carbons (Fsp3) is 0.200. The summed E-state index contributed by atoms with van der Waals surface area (Å²) in [5.74, 6) is 0.935. The van der Waals surface area contributed by atoms with Gasteiger partial charge in [-0.3, -0.25) is 0 Å². The molecule has 2 aromatic carbocycles. The van der Waals surface area contributed by atoms with Gasteiger partial charge in [0.05, 0.1) is 7.11 Å². The number of aryl methyl sites for hydroxylation is 1. The first-order valence-electron chi connectivity index (χ1n) is 7.50. The number of rotatable bonds is 3. The van der Waals surface area contributed by atoms with Crippen LogP contribution in [0.25, 0.3) is 11.1 Å². The first-order chi connectivity index (χ1) is 10.7. The molecule has 2 aromatic rings. The van der Waals surface area contributed by atoms with Crippen molar-refractivity contribution in [1.29, 1.82) is 0 Å². The van der Waals surface area contributed by atoms with Crippen LogP contribution in [0.4, 0.5) is 0 Å². The summed E-state index contributed by atoms with van der Waals surface area (Å²) >= 11 is 6.43. The number of benzene rings is 2. The highest BCUT2D eigenvalue weighted by Gasteiger charge is 2.21. The standard InChI is InChI=1S/C20H19ClO/c1-14-10-12-15(13-11-14)20-17(7-5-9-19(20)22-2)16-6-3-4-8-18(16)21/h3-4,6,8-13H,5,7H2,1-2H3. The number of methoxy groups -OCH3 is 1. The summed E-state index contributed by atoms with van der Waals surface area (Å²) in [5.41, 5.74) is 5.94. The maximum absolute atomic E-state index is 6.43. The van der Waals surface area contributed by atoms with Gasteiger partial charge < -0.3 is 4.74 Å². The molecule has 1 nitrogen and oxygen atoms in total. The summed E-state index contributed by atoms with van der Waals surface area (Å²) in [6.45, 7) is 2.10. The van der Waals surface area contributed by atoms with Crippen molar-refractivity contribution in [1.82, 2.24) is 0 Å². The van der Waals surface area contributed by atoms with Crippen LogP contribution in [-0.4, -0.2) is 7.11 Å². The number of hydrogen-bond donors (Lipinski definition) is 0. The Morgan fingerprint density at radius 2 is 1.73 bits per heavy atom. The van der Waals surface area contributed by atoms with Gasteiger partial charge in [0.1, 0.15) is 5.76 Å². The van der Waals surface area contributed by atoms with E-state index in [4.69, 9.17) is 16.3 Å². The van der Waals surface area contributed by atoms with Crippen molar-refractivity contribution in [2.45, 2.75) is 19.8 Å². The number of halogens is 1. The average molecular weight is 311 g/mol. The monoisotopic (exact) mass is 310 g/mol. The second-order valence-corrected chi connectivity index (χ2v) is 5.92. The summed E-state index contributed by atoms with van der Waals surface area (Å²) in [7, 11) is 1.73. The minimum atomic E-state index is 0.791. The molecule has 0 unspecified atom stereocenters. The van der Waals surface area contributed by atoms with Crippen LogP contribution in [0.2, 0.25) is 5.02 Å². The first kappa shape index (κ1) is 14.9. The van der Waals surface area contributed by atoms with E-state index >= 15 is 0 Å². The third-order valence-electron chi connectivity index (χ3n) is 4.03. The van der Waals surface area contributed by atoms with Gasteiger partial charge in [-0.1, -0.05) is 59.6 Å². The highest BCUT2D eigenvalue weighted by Crippen LogP contribution is 2.41. The zero-order valence-corrected chi connectivity index (χ0v) is 13.7. The SMILES string of the molecule is COC1=CCCC(c2ccccc2Cl)=C1c1ccc(C)cc1. The largest absolute Gasteiger partial charge is 0.496 e. The molecule has 0 spiro atoms. The highest BCUT2D eigenvalue weighted by atomic mass is 35.5. The summed E-state index contributed by atoms with van der Waals surface area (Å²) in [4.78, 5) is 0. The third kappa shape index (κ3) is 2.82. The Labute approximate surface area is 136 Å². The molecular weight excluding hydrogens is 292 g/mol. The van der Waals surface area contributed by atoms with E-state index < -0.39 is 0 Å². The van der Waals surface area contributed by atoms with Crippen molar-refractivity contribution in [3.05, 3.63) is 82.1 Å². The predicted octanol–water partition coefficient (Wildman–Crippen LogP) is 5.88. The van der Waals surface area contributed by atoms with Crippen molar-refractivity contribution in [2.24, 2.45) is 0 Å². The molecule has 0 heterocycles. The van der Waals surface area contributed by atoms with E-state index in [0.29, 0.717) is 0 Å². The quantitative estimate of drug-likeness (QED) is 0.687. The molecule has 22 heavy (non-hydrogen) atoms. The van der Waals surface area contributed by atoms with Gasteiger partial charge in [-0.25, -0.2) is 0 Å². The van der Waals surface area contributed by atoms with Crippen molar-refractivity contribution in [3.63, 3.8) is 0 Å². The van der Waals surface area contributed by atoms with Gasteiger partial charge in [0.2, 0.25) is 0 Å². The topological polar surface area (TPSA) is 9.23 Å². The molecule has 2 heteroatoms. The van der Waals surface area contributed by atoms with Crippen LogP contribution in [-0.2, 0) is 4.74 Å². The molecule has 0 fully saturated rings. The Kier molecular flexibility index (Phi) is 4.35. The molecule has 112 valence electrons. The molecule has 1 aliphatic rings. The summed E-state index contributed by atoms with van der Waals surface area (Å²) in [5, 5.41) is 0.791. The molecule has 0 bridgehead atoms. The van der Waals surface area contributed by atoms with Gasteiger partial charge in [0, 0.05) is 10.6 Å². The lowest BCUT2D eigenvalue weighted by Crippen LogP contribution is -2.03. The molecule has 0 saturated heterocycles. The smallest absolute Gasteiger partial charge is 0.123 e. The molecule has 1 aliphatic carbocycles. The van der Waals surface area contributed by atoms with E-state index in [9.17, 15) is 0 Å². The van der Waals surface area contributed by atoms with Crippen molar-refractivity contribution < 1.29 is 4.74 Å². The lowest BCUT2D eigenvalue weighted by molar-refractivity contribution is 0.308. The van der Waals surface area contributed by atoms with Crippen LogP contribution in [0.1, 0.15) is 29.5 Å². The van der Waals surface area contributed by atoms with Crippen LogP contribution in [0.15, 0.2) is 60.4 Å². The zero-order chi connectivity index (χ0) is 15.5. The molecule has 0 N–H and O–H groups in total. The predicted molar refractivity (Wildman–Crippen MR) is 93.8 cm³/mol. The molecule has 0 aromatic heterocycles. The van der Waals surface area contributed by atoms with Crippen molar-refractivity contribution >= 4 is 22.7 Å². The van der Waals surface area contributed by atoms with E-state index in [1.54, 1.807) is 7.11 Å². The maximum atomic E-state index is 6.43. The van der Waals surface area contributed by atoms with E-state index in [1.807, 2.05) is 18.2 Å². The van der Waals surface area contributed by atoms with Crippen LogP contribution in [0, 0.1) is 6.92 Å².